The Morgan fingerprint density at radius 3 is 2.44 bits per heavy atom. The predicted molar refractivity (Wildman–Crippen MR) is 120 cm³/mol. The molecule has 0 aromatic heterocycles. The number of fused-ring (bicyclic) bond motifs is 1. The second-order valence-electron chi connectivity index (χ2n) is 8.22. The molecule has 2 aliphatic rings. The lowest BCUT2D eigenvalue weighted by atomic mass is 10.1. The number of carbonyl (C=O) groups is 2. The number of nitrogens with one attached hydrogen (secondary N) is 1. The maximum Gasteiger partial charge on any atom is 0.254 e. The summed E-state index contributed by atoms with van der Waals surface area (Å²) in [5.41, 5.74) is 2.30. The highest BCUT2D eigenvalue weighted by Gasteiger charge is 2.26. The van der Waals surface area contributed by atoms with Gasteiger partial charge in [-0.2, -0.15) is 0 Å². The second kappa shape index (κ2) is 9.79. The van der Waals surface area contributed by atoms with E-state index < -0.39 is 0 Å². The SMILES string of the molecule is CC1CN(C(=O)c2ccc(CNC(=O)Cc3cc(Cl)c4c(c3)OCCO4)cc2)CC(C)O1. The molecule has 2 unspecified atom stereocenters. The molecule has 7 nitrogen and oxygen atoms in total. The average molecular weight is 459 g/mol. The topological polar surface area (TPSA) is 77.1 Å². The van der Waals surface area contributed by atoms with E-state index in [0.717, 1.165) is 11.1 Å². The maximum absolute atomic E-state index is 12.8. The summed E-state index contributed by atoms with van der Waals surface area (Å²) in [4.78, 5) is 27.0. The molecule has 0 aliphatic carbocycles. The van der Waals surface area contributed by atoms with Crippen molar-refractivity contribution in [2.24, 2.45) is 0 Å². The monoisotopic (exact) mass is 458 g/mol. The van der Waals surface area contributed by atoms with E-state index in [1.807, 2.05) is 30.9 Å². The summed E-state index contributed by atoms with van der Waals surface area (Å²) in [5, 5.41) is 3.34. The molecule has 1 fully saturated rings. The van der Waals surface area contributed by atoms with Gasteiger partial charge >= 0.3 is 0 Å². The lowest BCUT2D eigenvalue weighted by Gasteiger charge is -2.35. The first-order valence-corrected chi connectivity index (χ1v) is 11.1. The van der Waals surface area contributed by atoms with Crippen LogP contribution >= 0.6 is 11.6 Å². The number of carbonyl (C=O) groups excluding carboxylic acids is 2. The van der Waals surface area contributed by atoms with E-state index in [1.54, 1.807) is 24.3 Å². The van der Waals surface area contributed by atoms with Gasteiger partial charge in [-0.3, -0.25) is 9.59 Å². The Labute approximate surface area is 192 Å². The molecule has 8 heteroatoms. The van der Waals surface area contributed by atoms with Gasteiger partial charge in [0.2, 0.25) is 5.91 Å². The minimum Gasteiger partial charge on any atom is -0.486 e. The fourth-order valence-corrected chi connectivity index (χ4v) is 4.29. The fraction of sp³-hybridized carbons (Fsp3) is 0.417. The van der Waals surface area contributed by atoms with Gasteiger partial charge in [-0.25, -0.2) is 0 Å². The summed E-state index contributed by atoms with van der Waals surface area (Å²) < 4.78 is 16.8. The average Bonchev–Trinajstić information content (AvgIpc) is 2.77. The summed E-state index contributed by atoms with van der Waals surface area (Å²) in [6, 6.07) is 10.8. The minimum atomic E-state index is -0.130. The largest absolute Gasteiger partial charge is 0.486 e. The van der Waals surface area contributed by atoms with Crippen molar-refractivity contribution in [2.45, 2.75) is 39.0 Å². The molecular weight excluding hydrogens is 432 g/mol. The second-order valence-corrected chi connectivity index (χ2v) is 8.63. The molecule has 170 valence electrons. The van der Waals surface area contributed by atoms with E-state index in [2.05, 4.69) is 5.32 Å². The number of morpholine rings is 1. The third-order valence-corrected chi connectivity index (χ3v) is 5.70. The number of ether oxygens (including phenoxy) is 3. The number of hydrogen-bond donors (Lipinski definition) is 1. The van der Waals surface area contributed by atoms with Crippen molar-refractivity contribution >= 4 is 23.4 Å². The Hall–Kier alpha value is -2.77. The molecule has 32 heavy (non-hydrogen) atoms. The normalized spacial score (nSPS) is 20.0. The molecule has 0 bridgehead atoms. The molecule has 2 aromatic carbocycles. The summed E-state index contributed by atoms with van der Waals surface area (Å²) in [6.45, 7) is 6.41. The van der Waals surface area contributed by atoms with Crippen LogP contribution in [-0.4, -0.2) is 55.2 Å². The van der Waals surface area contributed by atoms with Crippen molar-refractivity contribution < 1.29 is 23.8 Å². The van der Waals surface area contributed by atoms with Gasteiger partial charge in [0.15, 0.2) is 11.5 Å². The first kappa shape index (κ1) is 22.4. The van der Waals surface area contributed by atoms with E-state index in [-0.39, 0.29) is 30.4 Å². The molecule has 2 heterocycles. The first-order chi connectivity index (χ1) is 15.4. The van der Waals surface area contributed by atoms with Crippen molar-refractivity contribution in [3.8, 4) is 11.5 Å². The quantitative estimate of drug-likeness (QED) is 0.744. The molecule has 2 aromatic rings. The van der Waals surface area contributed by atoms with E-state index in [9.17, 15) is 9.59 Å². The van der Waals surface area contributed by atoms with Crippen LogP contribution in [0.25, 0.3) is 0 Å². The number of rotatable bonds is 5. The van der Waals surface area contributed by atoms with E-state index in [4.69, 9.17) is 25.8 Å². The van der Waals surface area contributed by atoms with Crippen molar-refractivity contribution in [1.29, 1.82) is 0 Å². The molecule has 0 saturated carbocycles. The standard InChI is InChI=1S/C24H27ClN2O5/c1-15-13-27(14-16(2)32-15)24(29)19-5-3-17(4-6-19)12-26-22(28)11-18-9-20(25)23-21(10-18)30-7-8-31-23/h3-6,9-10,15-16H,7-8,11-14H2,1-2H3,(H,26,28). The number of benzene rings is 2. The van der Waals surface area contributed by atoms with Crippen LogP contribution in [-0.2, 0) is 22.5 Å². The van der Waals surface area contributed by atoms with Crippen molar-refractivity contribution in [3.63, 3.8) is 0 Å². The smallest absolute Gasteiger partial charge is 0.254 e. The van der Waals surface area contributed by atoms with E-state index >= 15 is 0 Å². The third-order valence-electron chi connectivity index (χ3n) is 5.42. The molecule has 1 N–H and O–H groups in total. The van der Waals surface area contributed by atoms with Gasteiger partial charge in [-0.05, 0) is 49.2 Å². The fourth-order valence-electron chi connectivity index (χ4n) is 4.01. The Kier molecular flexibility index (Phi) is 6.86. The molecule has 2 amide bonds. The Bertz CT molecular complexity index is 985. The van der Waals surface area contributed by atoms with E-state index in [0.29, 0.717) is 54.9 Å². The number of halogens is 1. The van der Waals surface area contributed by atoms with Crippen molar-refractivity contribution in [1.82, 2.24) is 10.2 Å². The van der Waals surface area contributed by atoms with Crippen LogP contribution in [0.5, 0.6) is 11.5 Å². The Balaban J connectivity index is 1.31. The third kappa shape index (κ3) is 5.34. The molecule has 1 saturated heterocycles. The van der Waals surface area contributed by atoms with E-state index in [1.165, 1.54) is 0 Å². The minimum absolute atomic E-state index is 0.00178. The van der Waals surface area contributed by atoms with Crippen LogP contribution in [0.1, 0.15) is 35.3 Å². The van der Waals surface area contributed by atoms with Gasteiger partial charge in [-0.15, -0.1) is 0 Å². The summed E-state index contributed by atoms with van der Waals surface area (Å²) in [5.74, 6) is 0.959. The highest BCUT2D eigenvalue weighted by Crippen LogP contribution is 2.38. The van der Waals surface area contributed by atoms with Gasteiger partial charge in [0.1, 0.15) is 13.2 Å². The van der Waals surface area contributed by atoms with Crippen molar-refractivity contribution in [3.05, 3.63) is 58.1 Å². The molecule has 4 rings (SSSR count). The maximum atomic E-state index is 12.8. The van der Waals surface area contributed by atoms with Gasteiger partial charge in [-0.1, -0.05) is 23.7 Å². The number of amides is 2. The zero-order valence-corrected chi connectivity index (χ0v) is 19.0. The summed E-state index contributed by atoms with van der Waals surface area (Å²) in [7, 11) is 0. The molecule has 0 radical (unpaired) electrons. The zero-order chi connectivity index (χ0) is 22.7. The molecular formula is C24H27ClN2O5. The molecule has 0 spiro atoms. The number of nitrogens with zero attached hydrogens (tertiary/aromatic N) is 1. The zero-order valence-electron chi connectivity index (χ0n) is 18.2. The van der Waals surface area contributed by atoms with Crippen LogP contribution < -0.4 is 14.8 Å². The first-order valence-electron chi connectivity index (χ1n) is 10.8. The predicted octanol–water partition coefficient (Wildman–Crippen LogP) is 3.22. The highest BCUT2D eigenvalue weighted by molar-refractivity contribution is 6.32. The van der Waals surface area contributed by atoms with Crippen LogP contribution in [0.4, 0.5) is 0 Å². The van der Waals surface area contributed by atoms with Gasteiger partial charge < -0.3 is 24.4 Å². The number of hydrogen-bond acceptors (Lipinski definition) is 5. The Morgan fingerprint density at radius 2 is 1.72 bits per heavy atom. The summed E-state index contributed by atoms with van der Waals surface area (Å²) >= 11 is 6.24. The molecule has 2 aliphatic heterocycles. The Morgan fingerprint density at radius 1 is 1.03 bits per heavy atom. The summed E-state index contributed by atoms with van der Waals surface area (Å²) in [6.07, 6.45) is 0.239. The highest BCUT2D eigenvalue weighted by atomic mass is 35.5. The van der Waals surface area contributed by atoms with Crippen LogP contribution in [0.3, 0.4) is 0 Å². The van der Waals surface area contributed by atoms with Gasteiger partial charge in [0.05, 0.1) is 23.7 Å². The van der Waals surface area contributed by atoms with Gasteiger partial charge in [0.25, 0.3) is 5.91 Å². The van der Waals surface area contributed by atoms with Gasteiger partial charge in [0, 0.05) is 25.2 Å². The van der Waals surface area contributed by atoms with Crippen LogP contribution in [0.15, 0.2) is 36.4 Å². The van der Waals surface area contributed by atoms with Crippen LogP contribution in [0, 0.1) is 0 Å². The lowest BCUT2D eigenvalue weighted by molar-refractivity contribution is -0.120. The van der Waals surface area contributed by atoms with Crippen molar-refractivity contribution in [2.75, 3.05) is 26.3 Å². The molecule has 2 atom stereocenters. The lowest BCUT2D eigenvalue weighted by Crippen LogP contribution is -2.48. The van der Waals surface area contributed by atoms with Crippen LogP contribution in [0.2, 0.25) is 5.02 Å².